The van der Waals surface area contributed by atoms with E-state index in [2.05, 4.69) is 18.7 Å². The zero-order valence-corrected chi connectivity index (χ0v) is 15.4. The Labute approximate surface area is 153 Å². The van der Waals surface area contributed by atoms with Crippen molar-refractivity contribution in [3.05, 3.63) is 59.2 Å². The lowest BCUT2D eigenvalue weighted by molar-refractivity contribution is 0.0692. The molecule has 2 N–H and O–H groups in total. The largest absolute Gasteiger partial charge is 0.507 e. The van der Waals surface area contributed by atoms with Crippen LogP contribution in [0.1, 0.15) is 53.5 Å². The number of nitrogens with zero attached hydrogens (tertiary/aromatic N) is 1. The number of carbonyl (C=O) groups is 2. The third-order valence-corrected chi connectivity index (χ3v) is 4.35. The maximum atomic E-state index is 12.7. The predicted octanol–water partition coefficient (Wildman–Crippen LogP) is 4.19. The van der Waals surface area contributed by atoms with Gasteiger partial charge in [0.05, 0.1) is 11.1 Å². The van der Waals surface area contributed by atoms with Crippen molar-refractivity contribution in [3.63, 3.8) is 0 Å². The molecule has 0 saturated carbocycles. The number of rotatable bonds is 8. The van der Waals surface area contributed by atoms with E-state index in [0.717, 1.165) is 25.2 Å². The number of phenolic OH excluding ortho intramolecular Hbond substituents is 1. The number of carboxylic acids is 1. The van der Waals surface area contributed by atoms with Crippen molar-refractivity contribution in [2.75, 3.05) is 18.0 Å². The van der Waals surface area contributed by atoms with Gasteiger partial charge in [0.1, 0.15) is 5.75 Å². The van der Waals surface area contributed by atoms with Crippen molar-refractivity contribution in [1.82, 2.24) is 0 Å². The molecule has 0 aliphatic heterocycles. The maximum absolute atomic E-state index is 12.7. The number of hydrogen-bond donors (Lipinski definition) is 2. The van der Waals surface area contributed by atoms with Gasteiger partial charge in [-0.1, -0.05) is 32.0 Å². The van der Waals surface area contributed by atoms with Crippen LogP contribution >= 0.6 is 0 Å². The lowest BCUT2D eigenvalue weighted by Crippen LogP contribution is -2.25. The molecule has 0 spiro atoms. The van der Waals surface area contributed by atoms with Crippen molar-refractivity contribution >= 4 is 17.4 Å². The van der Waals surface area contributed by atoms with Crippen LogP contribution in [-0.2, 0) is 0 Å². The average molecular weight is 355 g/mol. The maximum Gasteiger partial charge on any atom is 0.336 e. The smallest absolute Gasteiger partial charge is 0.336 e. The normalized spacial score (nSPS) is 10.8. The molecule has 0 heterocycles. The Balaban J connectivity index is 2.32. The summed E-state index contributed by atoms with van der Waals surface area (Å²) in [4.78, 5) is 26.2. The van der Waals surface area contributed by atoms with Crippen LogP contribution in [0.4, 0.5) is 5.69 Å². The van der Waals surface area contributed by atoms with Gasteiger partial charge in [0, 0.05) is 30.4 Å². The Hall–Kier alpha value is -2.82. The minimum absolute atomic E-state index is 0.0650. The van der Waals surface area contributed by atoms with Gasteiger partial charge in [-0.05, 0) is 37.5 Å². The highest BCUT2D eigenvalue weighted by molar-refractivity contribution is 6.15. The van der Waals surface area contributed by atoms with E-state index in [1.807, 2.05) is 6.92 Å². The van der Waals surface area contributed by atoms with Crippen molar-refractivity contribution in [1.29, 1.82) is 0 Å². The molecule has 26 heavy (non-hydrogen) atoms. The van der Waals surface area contributed by atoms with Gasteiger partial charge in [-0.2, -0.15) is 0 Å². The number of carbonyl (C=O) groups excluding carboxylic acids is 1. The Bertz CT molecular complexity index is 798. The standard InChI is InChI=1S/C21H25NO4/c1-4-22(12-11-14(2)3)15-9-10-18(19(23)13-15)20(24)16-7-5-6-8-17(16)21(25)26/h5-10,13-14,23H,4,11-12H2,1-3H3,(H,25,26). The molecule has 0 aliphatic carbocycles. The highest BCUT2D eigenvalue weighted by atomic mass is 16.4. The lowest BCUT2D eigenvalue weighted by atomic mass is 9.97. The number of carboxylic acid groups (broad SMARTS) is 1. The molecule has 0 aliphatic rings. The summed E-state index contributed by atoms with van der Waals surface area (Å²) in [6.45, 7) is 8.02. The number of hydrogen-bond acceptors (Lipinski definition) is 4. The molecule has 5 heteroatoms. The van der Waals surface area contributed by atoms with E-state index in [1.165, 1.54) is 12.1 Å². The molecule has 0 aromatic heterocycles. The number of ketones is 1. The predicted molar refractivity (Wildman–Crippen MR) is 102 cm³/mol. The second-order valence-electron chi connectivity index (χ2n) is 6.64. The van der Waals surface area contributed by atoms with Crippen molar-refractivity contribution < 1.29 is 19.8 Å². The number of aromatic carboxylic acids is 1. The number of phenols is 1. The van der Waals surface area contributed by atoms with Gasteiger partial charge < -0.3 is 15.1 Å². The third-order valence-electron chi connectivity index (χ3n) is 4.35. The molecule has 5 nitrogen and oxygen atoms in total. The van der Waals surface area contributed by atoms with Gasteiger partial charge in [-0.15, -0.1) is 0 Å². The Morgan fingerprint density at radius 1 is 1.04 bits per heavy atom. The van der Waals surface area contributed by atoms with E-state index >= 15 is 0 Å². The zero-order chi connectivity index (χ0) is 19.3. The summed E-state index contributed by atoms with van der Waals surface area (Å²) in [7, 11) is 0. The summed E-state index contributed by atoms with van der Waals surface area (Å²) in [5.41, 5.74) is 0.930. The molecule has 0 atom stereocenters. The summed E-state index contributed by atoms with van der Waals surface area (Å²) < 4.78 is 0. The zero-order valence-electron chi connectivity index (χ0n) is 15.4. The molecular formula is C21H25NO4. The van der Waals surface area contributed by atoms with E-state index in [-0.39, 0.29) is 22.4 Å². The Morgan fingerprint density at radius 3 is 2.23 bits per heavy atom. The topological polar surface area (TPSA) is 77.8 Å². The number of aromatic hydroxyl groups is 1. The molecule has 2 aromatic carbocycles. The van der Waals surface area contributed by atoms with Crippen LogP contribution in [0.2, 0.25) is 0 Å². The van der Waals surface area contributed by atoms with Crippen LogP contribution in [0.15, 0.2) is 42.5 Å². The minimum atomic E-state index is -1.17. The van der Waals surface area contributed by atoms with Gasteiger partial charge >= 0.3 is 5.97 Å². The summed E-state index contributed by atoms with van der Waals surface area (Å²) in [6.07, 6.45) is 1.03. The molecule has 0 unspecified atom stereocenters. The highest BCUT2D eigenvalue weighted by Crippen LogP contribution is 2.28. The van der Waals surface area contributed by atoms with Crippen LogP contribution < -0.4 is 4.90 Å². The van der Waals surface area contributed by atoms with E-state index in [9.17, 15) is 19.8 Å². The third kappa shape index (κ3) is 4.42. The first-order valence-electron chi connectivity index (χ1n) is 8.80. The fourth-order valence-electron chi connectivity index (χ4n) is 2.81. The van der Waals surface area contributed by atoms with Gasteiger partial charge in [0.25, 0.3) is 0 Å². The SMILES string of the molecule is CCN(CCC(C)C)c1ccc(C(=O)c2ccccc2C(=O)O)c(O)c1. The summed E-state index contributed by atoms with van der Waals surface area (Å²) >= 11 is 0. The average Bonchev–Trinajstić information content (AvgIpc) is 2.61. The molecule has 0 radical (unpaired) electrons. The van der Waals surface area contributed by atoms with E-state index in [1.54, 1.807) is 30.3 Å². The van der Waals surface area contributed by atoms with Crippen LogP contribution in [0.3, 0.4) is 0 Å². The van der Waals surface area contributed by atoms with Gasteiger partial charge in [0.15, 0.2) is 5.78 Å². The van der Waals surface area contributed by atoms with Gasteiger partial charge in [0.2, 0.25) is 0 Å². The Morgan fingerprint density at radius 2 is 1.69 bits per heavy atom. The van der Waals surface area contributed by atoms with Crippen LogP contribution in [0, 0.1) is 5.92 Å². The molecule has 0 bridgehead atoms. The minimum Gasteiger partial charge on any atom is -0.507 e. The fraction of sp³-hybridized carbons (Fsp3) is 0.333. The number of anilines is 1. The van der Waals surface area contributed by atoms with E-state index in [0.29, 0.717) is 5.92 Å². The Kier molecular flexibility index (Phi) is 6.39. The molecule has 138 valence electrons. The fourth-order valence-corrected chi connectivity index (χ4v) is 2.81. The van der Waals surface area contributed by atoms with Crippen molar-refractivity contribution in [2.24, 2.45) is 5.92 Å². The summed E-state index contributed by atoms with van der Waals surface area (Å²) in [5.74, 6) is -1.24. The summed E-state index contributed by atoms with van der Waals surface area (Å²) in [6, 6.07) is 10.9. The molecule has 2 rings (SSSR count). The highest BCUT2D eigenvalue weighted by Gasteiger charge is 2.20. The van der Waals surface area contributed by atoms with Gasteiger partial charge in [-0.25, -0.2) is 4.79 Å². The quantitative estimate of drug-likeness (QED) is 0.694. The first-order valence-corrected chi connectivity index (χ1v) is 8.80. The van der Waals surface area contributed by atoms with Crippen LogP contribution in [0.5, 0.6) is 5.75 Å². The van der Waals surface area contributed by atoms with Gasteiger partial charge in [-0.3, -0.25) is 4.79 Å². The molecule has 0 saturated heterocycles. The van der Waals surface area contributed by atoms with Crippen LogP contribution in [0.25, 0.3) is 0 Å². The molecule has 0 amide bonds. The second kappa shape index (κ2) is 8.52. The second-order valence-corrected chi connectivity index (χ2v) is 6.64. The first kappa shape index (κ1) is 19.5. The monoisotopic (exact) mass is 355 g/mol. The molecular weight excluding hydrogens is 330 g/mol. The van der Waals surface area contributed by atoms with Crippen molar-refractivity contribution in [2.45, 2.75) is 27.2 Å². The molecule has 2 aromatic rings. The van der Waals surface area contributed by atoms with E-state index < -0.39 is 11.8 Å². The molecule has 0 fully saturated rings. The first-order chi connectivity index (χ1) is 12.3. The number of benzene rings is 2. The summed E-state index contributed by atoms with van der Waals surface area (Å²) in [5, 5.41) is 19.6. The van der Waals surface area contributed by atoms with Crippen molar-refractivity contribution in [3.8, 4) is 5.75 Å². The van der Waals surface area contributed by atoms with Crippen LogP contribution in [-0.4, -0.2) is 35.1 Å². The lowest BCUT2D eigenvalue weighted by Gasteiger charge is -2.24. The van der Waals surface area contributed by atoms with E-state index in [4.69, 9.17) is 0 Å².